The Labute approximate surface area is 213 Å². The van der Waals surface area contributed by atoms with Gasteiger partial charge in [-0.25, -0.2) is 4.98 Å². The van der Waals surface area contributed by atoms with Gasteiger partial charge in [-0.1, -0.05) is 73.9 Å². The molecule has 0 radical (unpaired) electrons. The van der Waals surface area contributed by atoms with E-state index in [-0.39, 0.29) is 30.9 Å². The number of carbonyl (C=O) groups excluding carboxylic acids is 1. The molecule has 36 heavy (non-hydrogen) atoms. The van der Waals surface area contributed by atoms with Crippen molar-refractivity contribution in [2.75, 3.05) is 13.6 Å². The fourth-order valence-electron chi connectivity index (χ4n) is 5.35. The van der Waals surface area contributed by atoms with Crippen LogP contribution in [0.25, 0.3) is 0 Å². The molecule has 1 fully saturated rings. The highest BCUT2D eigenvalue weighted by atomic mass is 16.4. The zero-order valence-electron chi connectivity index (χ0n) is 21.0. The topological polar surface area (TPSA) is 113 Å². The van der Waals surface area contributed by atoms with Gasteiger partial charge in [0, 0.05) is 31.3 Å². The summed E-state index contributed by atoms with van der Waals surface area (Å²) in [5, 5.41) is 21.3. The van der Waals surface area contributed by atoms with Gasteiger partial charge < -0.3 is 20.4 Å². The summed E-state index contributed by atoms with van der Waals surface area (Å²) in [6.45, 7) is 0.585. The fourth-order valence-corrected chi connectivity index (χ4v) is 5.35. The Kier molecular flexibility index (Phi) is 8.56. The predicted octanol–water partition coefficient (Wildman–Crippen LogP) is 4.07. The lowest BCUT2D eigenvalue weighted by Crippen LogP contribution is -2.38. The van der Waals surface area contributed by atoms with Gasteiger partial charge in [0.1, 0.15) is 5.76 Å². The molecule has 2 unspecified atom stereocenters. The molecule has 0 spiro atoms. The highest BCUT2D eigenvalue weighted by Gasteiger charge is 2.44. The number of aromatic nitrogens is 1. The van der Waals surface area contributed by atoms with E-state index in [1.165, 1.54) is 6.42 Å². The number of amides is 1. The van der Waals surface area contributed by atoms with Crippen LogP contribution in [0.3, 0.4) is 0 Å². The second kappa shape index (κ2) is 11.8. The molecule has 2 atom stereocenters. The highest BCUT2D eigenvalue weighted by Crippen LogP contribution is 2.43. The van der Waals surface area contributed by atoms with Crippen LogP contribution in [0.4, 0.5) is 0 Å². The number of likely N-dealkylation sites (N-methyl/N-ethyl adjacent to an activating group) is 1. The second-order valence-corrected chi connectivity index (χ2v) is 9.92. The first-order chi connectivity index (χ1) is 17.4. The van der Waals surface area contributed by atoms with E-state index in [1.807, 2.05) is 61.6 Å². The van der Waals surface area contributed by atoms with Gasteiger partial charge in [0.25, 0.3) is 0 Å². The molecule has 192 valence electrons. The van der Waals surface area contributed by atoms with Gasteiger partial charge in [0.2, 0.25) is 11.8 Å². The van der Waals surface area contributed by atoms with Gasteiger partial charge >= 0.3 is 0 Å². The van der Waals surface area contributed by atoms with E-state index in [2.05, 4.69) is 9.88 Å². The zero-order valence-corrected chi connectivity index (χ0v) is 21.0. The maximum atomic E-state index is 12.0. The van der Waals surface area contributed by atoms with E-state index >= 15 is 0 Å². The Bertz CT molecular complexity index is 1110. The van der Waals surface area contributed by atoms with E-state index < -0.39 is 5.60 Å². The van der Waals surface area contributed by atoms with Gasteiger partial charge in [-0.15, -0.1) is 0 Å². The van der Waals surface area contributed by atoms with Crippen molar-refractivity contribution in [2.24, 2.45) is 11.7 Å². The third-order valence-corrected chi connectivity index (χ3v) is 7.47. The van der Waals surface area contributed by atoms with Crippen molar-refractivity contribution in [2.45, 2.75) is 63.2 Å². The normalized spacial score (nSPS) is 17.1. The second-order valence-electron chi connectivity index (χ2n) is 9.92. The summed E-state index contributed by atoms with van der Waals surface area (Å²) in [7, 11) is 1.95. The monoisotopic (exact) mass is 491 g/mol. The summed E-state index contributed by atoms with van der Waals surface area (Å²) >= 11 is 0. The number of aliphatic hydroxyl groups is 2. The van der Waals surface area contributed by atoms with Crippen LogP contribution >= 0.6 is 0 Å². The summed E-state index contributed by atoms with van der Waals surface area (Å²) in [6.07, 6.45) is 7.73. The van der Waals surface area contributed by atoms with Crippen molar-refractivity contribution < 1.29 is 19.4 Å². The number of aliphatic hydroxyl groups excluding tert-OH is 1. The third-order valence-electron chi connectivity index (χ3n) is 7.47. The molecular weight excluding hydrogens is 454 g/mol. The Morgan fingerprint density at radius 2 is 1.83 bits per heavy atom. The molecule has 3 aromatic rings. The first kappa shape index (κ1) is 26.1. The molecule has 1 amide bonds. The number of carbonyl (C=O) groups is 1. The molecule has 0 bridgehead atoms. The van der Waals surface area contributed by atoms with Crippen molar-refractivity contribution in [1.82, 2.24) is 9.88 Å². The molecule has 0 aliphatic heterocycles. The molecule has 7 heteroatoms. The minimum atomic E-state index is -1.26. The van der Waals surface area contributed by atoms with Crippen molar-refractivity contribution in [1.29, 1.82) is 0 Å². The quantitative estimate of drug-likeness (QED) is 0.373. The first-order valence-electron chi connectivity index (χ1n) is 12.8. The maximum absolute atomic E-state index is 12.0. The van der Waals surface area contributed by atoms with Crippen molar-refractivity contribution in [3.8, 4) is 0 Å². The molecule has 1 aromatic heterocycles. The van der Waals surface area contributed by atoms with E-state index in [1.54, 1.807) is 6.20 Å². The molecule has 4 N–H and O–H groups in total. The summed E-state index contributed by atoms with van der Waals surface area (Å²) in [6, 6.07) is 17.1. The molecule has 4 rings (SSSR count). The van der Waals surface area contributed by atoms with Crippen LogP contribution in [0.15, 0.2) is 65.2 Å². The minimum absolute atomic E-state index is 0.0272. The molecule has 1 saturated carbocycles. The lowest BCUT2D eigenvalue weighted by molar-refractivity contribution is -0.119. The standard InChI is InChI=1S/C29H37N3O4/c1-32(26(18-27(30)34)22-14-12-21(20-33)13-15-22)17-16-25-19-31-28(36-25)29(35,23-8-4-2-5-9-23)24-10-6-3-7-11-24/h2,4-5,8-9,12-15,19,24,26,33,35H,3,6-7,10-11,16-18,20H2,1H3,(H2,30,34). The number of hydrogen-bond donors (Lipinski definition) is 3. The molecule has 7 nitrogen and oxygen atoms in total. The number of primary amides is 1. The molecular formula is C29H37N3O4. The van der Waals surface area contributed by atoms with Crippen LogP contribution < -0.4 is 5.73 Å². The van der Waals surface area contributed by atoms with E-state index in [9.17, 15) is 15.0 Å². The van der Waals surface area contributed by atoms with Gasteiger partial charge in [-0.3, -0.25) is 9.69 Å². The Morgan fingerprint density at radius 1 is 1.14 bits per heavy atom. The lowest BCUT2D eigenvalue weighted by Gasteiger charge is -2.36. The van der Waals surface area contributed by atoms with Crippen molar-refractivity contribution in [3.63, 3.8) is 0 Å². The molecule has 1 aliphatic rings. The number of rotatable bonds is 11. The number of oxazole rings is 1. The number of nitrogens with zero attached hydrogens (tertiary/aromatic N) is 2. The summed E-state index contributed by atoms with van der Waals surface area (Å²) in [5.41, 5.74) is 6.88. The summed E-state index contributed by atoms with van der Waals surface area (Å²) < 4.78 is 6.20. The van der Waals surface area contributed by atoms with Gasteiger partial charge in [0.15, 0.2) is 5.60 Å². The third kappa shape index (κ3) is 5.86. The van der Waals surface area contributed by atoms with Gasteiger partial charge in [-0.05, 0) is 36.6 Å². The van der Waals surface area contributed by atoms with E-state index in [0.29, 0.717) is 24.6 Å². The summed E-state index contributed by atoms with van der Waals surface area (Å²) in [4.78, 5) is 18.4. The van der Waals surface area contributed by atoms with Crippen molar-refractivity contribution in [3.05, 3.63) is 89.1 Å². The average Bonchev–Trinajstić information content (AvgIpc) is 3.40. The summed E-state index contributed by atoms with van der Waals surface area (Å²) in [5.74, 6) is 0.729. The van der Waals surface area contributed by atoms with Gasteiger partial charge in [0.05, 0.1) is 12.8 Å². The molecule has 1 aliphatic carbocycles. The smallest absolute Gasteiger partial charge is 0.231 e. The van der Waals surface area contributed by atoms with Crippen LogP contribution in [0.1, 0.15) is 72.9 Å². The zero-order chi connectivity index (χ0) is 25.5. The largest absolute Gasteiger partial charge is 0.442 e. The Hall–Kier alpha value is -3.00. The fraction of sp³-hybridized carbons (Fsp3) is 0.448. The van der Waals surface area contributed by atoms with Crippen LogP contribution in [-0.2, 0) is 23.4 Å². The van der Waals surface area contributed by atoms with Crippen molar-refractivity contribution >= 4 is 5.91 Å². The van der Waals surface area contributed by atoms with Crippen LogP contribution in [0, 0.1) is 5.92 Å². The lowest BCUT2D eigenvalue weighted by atomic mass is 9.73. The van der Waals surface area contributed by atoms with E-state index in [4.69, 9.17) is 10.2 Å². The average molecular weight is 492 g/mol. The van der Waals surface area contributed by atoms with Gasteiger partial charge in [-0.2, -0.15) is 0 Å². The minimum Gasteiger partial charge on any atom is -0.442 e. The maximum Gasteiger partial charge on any atom is 0.231 e. The van der Waals surface area contributed by atoms with Crippen LogP contribution in [0.2, 0.25) is 0 Å². The Balaban J connectivity index is 1.51. The molecule has 1 heterocycles. The number of hydrogen-bond acceptors (Lipinski definition) is 6. The number of benzene rings is 2. The number of nitrogens with two attached hydrogens (primary N) is 1. The van der Waals surface area contributed by atoms with Crippen LogP contribution in [0.5, 0.6) is 0 Å². The van der Waals surface area contributed by atoms with E-state index in [0.717, 1.165) is 42.4 Å². The molecule has 2 aromatic carbocycles. The SMILES string of the molecule is CN(CCc1cnc(C(O)(c2ccccc2)C2CCCCC2)o1)C(CC(N)=O)c1ccc(CO)cc1. The Morgan fingerprint density at radius 3 is 2.47 bits per heavy atom. The van der Waals surface area contributed by atoms with Crippen LogP contribution in [-0.4, -0.2) is 39.6 Å². The predicted molar refractivity (Wildman–Crippen MR) is 138 cm³/mol. The highest BCUT2D eigenvalue weighted by molar-refractivity contribution is 5.74. The molecule has 0 saturated heterocycles. The first-order valence-corrected chi connectivity index (χ1v) is 12.8.